The summed E-state index contributed by atoms with van der Waals surface area (Å²) in [5.41, 5.74) is 3.80. The number of hydrazone groups is 1. The summed E-state index contributed by atoms with van der Waals surface area (Å²) in [6, 6.07) is 14.4. The standard InChI is InChI=1S/C20H23ClN4O3S/c1-24-13-11-17(12-14-24)22-23-20(26)15-25(18-5-3-2-4-6-18)29(27,28)19-9-7-16(21)8-10-19/h2-10H,11-15H2,1H3,(H,23,26). The number of rotatable bonds is 6. The Balaban J connectivity index is 1.80. The number of carbonyl (C=O) groups excluding carboxylic acids is 1. The van der Waals surface area contributed by atoms with E-state index < -0.39 is 15.9 Å². The molecule has 2 aromatic rings. The lowest BCUT2D eigenvalue weighted by Gasteiger charge is -2.24. The summed E-state index contributed by atoms with van der Waals surface area (Å²) < 4.78 is 27.4. The van der Waals surface area contributed by atoms with Crippen molar-refractivity contribution in [2.75, 3.05) is 31.0 Å². The van der Waals surface area contributed by atoms with Crippen molar-refractivity contribution >= 4 is 38.9 Å². The second kappa shape index (κ2) is 9.39. The van der Waals surface area contributed by atoms with Gasteiger partial charge in [0.1, 0.15) is 6.54 Å². The molecule has 1 fully saturated rings. The van der Waals surface area contributed by atoms with E-state index >= 15 is 0 Å². The van der Waals surface area contributed by atoms with E-state index in [1.54, 1.807) is 30.3 Å². The third-order valence-electron chi connectivity index (χ3n) is 4.64. The molecule has 0 spiro atoms. The molecule has 1 aliphatic rings. The first-order valence-corrected chi connectivity index (χ1v) is 11.0. The predicted octanol–water partition coefficient (Wildman–Crippen LogP) is 2.73. The monoisotopic (exact) mass is 434 g/mol. The third kappa shape index (κ3) is 5.56. The highest BCUT2D eigenvalue weighted by Crippen LogP contribution is 2.24. The van der Waals surface area contributed by atoms with Crippen LogP contribution < -0.4 is 9.73 Å². The highest BCUT2D eigenvalue weighted by atomic mass is 35.5. The Bertz CT molecular complexity index is 969. The van der Waals surface area contributed by atoms with E-state index in [9.17, 15) is 13.2 Å². The van der Waals surface area contributed by atoms with Gasteiger partial charge in [0.2, 0.25) is 0 Å². The zero-order valence-corrected chi connectivity index (χ0v) is 17.7. The van der Waals surface area contributed by atoms with Crippen molar-refractivity contribution in [1.29, 1.82) is 0 Å². The van der Waals surface area contributed by atoms with Crippen molar-refractivity contribution in [3.63, 3.8) is 0 Å². The van der Waals surface area contributed by atoms with Crippen LogP contribution in [0.1, 0.15) is 12.8 Å². The Morgan fingerprint density at radius 2 is 1.72 bits per heavy atom. The second-order valence-corrected chi connectivity index (χ2v) is 9.12. The number of benzene rings is 2. The minimum absolute atomic E-state index is 0.0557. The van der Waals surface area contributed by atoms with E-state index in [0.717, 1.165) is 35.9 Å². The smallest absolute Gasteiger partial charge is 0.264 e. The Hall–Kier alpha value is -2.42. The maximum Gasteiger partial charge on any atom is 0.264 e. The number of likely N-dealkylation sites (tertiary alicyclic amines) is 1. The summed E-state index contributed by atoms with van der Waals surface area (Å²) in [4.78, 5) is 14.8. The van der Waals surface area contributed by atoms with Crippen LogP contribution in [0.15, 0.2) is 64.6 Å². The molecule has 3 rings (SSSR count). The number of carbonyl (C=O) groups is 1. The molecule has 0 unspecified atom stereocenters. The summed E-state index contributed by atoms with van der Waals surface area (Å²) >= 11 is 5.88. The number of hydrogen-bond donors (Lipinski definition) is 1. The minimum atomic E-state index is -3.96. The van der Waals surface area contributed by atoms with Crippen LogP contribution in [-0.2, 0) is 14.8 Å². The zero-order chi connectivity index (χ0) is 20.9. The van der Waals surface area contributed by atoms with Crippen molar-refractivity contribution in [1.82, 2.24) is 10.3 Å². The Kier molecular flexibility index (Phi) is 6.89. The minimum Gasteiger partial charge on any atom is -0.306 e. The van der Waals surface area contributed by atoms with Gasteiger partial charge in [0.15, 0.2) is 0 Å². The molecule has 0 radical (unpaired) electrons. The topological polar surface area (TPSA) is 82.1 Å². The lowest BCUT2D eigenvalue weighted by molar-refractivity contribution is -0.119. The number of nitrogens with zero attached hydrogens (tertiary/aromatic N) is 3. The fourth-order valence-corrected chi connectivity index (χ4v) is 4.49. The number of piperidine rings is 1. The fraction of sp³-hybridized carbons (Fsp3) is 0.300. The van der Waals surface area contributed by atoms with Gasteiger partial charge in [-0.15, -0.1) is 0 Å². The van der Waals surface area contributed by atoms with Gasteiger partial charge in [-0.05, 0) is 43.4 Å². The van der Waals surface area contributed by atoms with E-state index in [1.165, 1.54) is 24.3 Å². The van der Waals surface area contributed by atoms with E-state index in [0.29, 0.717) is 10.7 Å². The van der Waals surface area contributed by atoms with E-state index in [4.69, 9.17) is 11.6 Å². The molecule has 1 aliphatic heterocycles. The SMILES string of the molecule is CN1CCC(=NNC(=O)CN(c2ccccc2)S(=O)(=O)c2ccc(Cl)cc2)CC1. The number of amides is 1. The molecule has 9 heteroatoms. The van der Waals surface area contributed by atoms with Crippen molar-refractivity contribution < 1.29 is 13.2 Å². The van der Waals surface area contributed by atoms with Gasteiger partial charge in [0.05, 0.1) is 10.6 Å². The molecule has 0 atom stereocenters. The molecule has 154 valence electrons. The van der Waals surface area contributed by atoms with Crippen molar-refractivity contribution in [3.05, 3.63) is 59.6 Å². The average molecular weight is 435 g/mol. The van der Waals surface area contributed by atoms with Crippen LogP contribution in [0, 0.1) is 0 Å². The molecule has 7 nitrogen and oxygen atoms in total. The van der Waals surface area contributed by atoms with Crippen LogP contribution in [0.3, 0.4) is 0 Å². The van der Waals surface area contributed by atoms with Crippen LogP contribution in [0.25, 0.3) is 0 Å². The number of anilines is 1. The first-order valence-electron chi connectivity index (χ1n) is 9.22. The van der Waals surface area contributed by atoms with E-state index in [1.807, 2.05) is 7.05 Å². The lowest BCUT2D eigenvalue weighted by atomic mass is 10.1. The first kappa shape index (κ1) is 21.3. The van der Waals surface area contributed by atoms with Gasteiger partial charge in [0.25, 0.3) is 15.9 Å². The lowest BCUT2D eigenvalue weighted by Crippen LogP contribution is -2.40. The predicted molar refractivity (Wildman–Crippen MR) is 115 cm³/mol. The quantitative estimate of drug-likeness (QED) is 0.709. The summed E-state index contributed by atoms with van der Waals surface area (Å²) in [5.74, 6) is -0.502. The van der Waals surface area contributed by atoms with Gasteiger partial charge >= 0.3 is 0 Å². The van der Waals surface area contributed by atoms with Gasteiger partial charge in [-0.2, -0.15) is 5.10 Å². The van der Waals surface area contributed by atoms with Crippen molar-refractivity contribution in [2.24, 2.45) is 5.10 Å². The van der Waals surface area contributed by atoms with Crippen LogP contribution in [0.4, 0.5) is 5.69 Å². The summed E-state index contributed by atoms with van der Waals surface area (Å²) in [7, 11) is -1.92. The van der Waals surface area contributed by atoms with Crippen LogP contribution in [-0.4, -0.2) is 51.6 Å². The molecular formula is C20H23ClN4O3S. The van der Waals surface area contributed by atoms with E-state index in [-0.39, 0.29) is 11.4 Å². The molecule has 0 aromatic heterocycles. The van der Waals surface area contributed by atoms with Crippen LogP contribution in [0.2, 0.25) is 5.02 Å². The molecule has 29 heavy (non-hydrogen) atoms. The van der Waals surface area contributed by atoms with Gasteiger partial charge in [-0.3, -0.25) is 9.10 Å². The number of sulfonamides is 1. The second-order valence-electron chi connectivity index (χ2n) is 6.82. The molecular weight excluding hydrogens is 412 g/mol. The highest BCUT2D eigenvalue weighted by Gasteiger charge is 2.27. The van der Waals surface area contributed by atoms with Gasteiger partial charge in [-0.25, -0.2) is 13.8 Å². The van der Waals surface area contributed by atoms with Crippen LogP contribution >= 0.6 is 11.6 Å². The first-order chi connectivity index (χ1) is 13.9. The third-order valence-corrected chi connectivity index (χ3v) is 6.68. The molecule has 1 heterocycles. The molecule has 2 aromatic carbocycles. The molecule has 0 saturated carbocycles. The number of halogens is 1. The summed E-state index contributed by atoms with van der Waals surface area (Å²) in [6.45, 7) is 1.39. The molecule has 1 N–H and O–H groups in total. The van der Waals surface area contributed by atoms with Gasteiger partial charge < -0.3 is 4.90 Å². The number of para-hydroxylation sites is 1. The molecule has 1 saturated heterocycles. The maximum atomic E-state index is 13.2. The molecule has 1 amide bonds. The Morgan fingerprint density at radius 1 is 1.10 bits per heavy atom. The zero-order valence-electron chi connectivity index (χ0n) is 16.1. The molecule has 0 bridgehead atoms. The molecule has 0 aliphatic carbocycles. The number of hydrogen-bond acceptors (Lipinski definition) is 5. The van der Waals surface area contributed by atoms with Gasteiger partial charge in [0, 0.05) is 36.7 Å². The summed E-state index contributed by atoms with van der Waals surface area (Å²) in [6.07, 6.45) is 1.56. The maximum absolute atomic E-state index is 13.2. The van der Waals surface area contributed by atoms with Crippen LogP contribution in [0.5, 0.6) is 0 Å². The largest absolute Gasteiger partial charge is 0.306 e. The van der Waals surface area contributed by atoms with Crippen molar-refractivity contribution in [3.8, 4) is 0 Å². The van der Waals surface area contributed by atoms with Crippen molar-refractivity contribution in [2.45, 2.75) is 17.7 Å². The van der Waals surface area contributed by atoms with E-state index in [2.05, 4.69) is 15.4 Å². The Morgan fingerprint density at radius 3 is 2.34 bits per heavy atom. The normalized spacial score (nSPS) is 15.0. The summed E-state index contributed by atoms with van der Waals surface area (Å²) in [5, 5.41) is 4.61. The highest BCUT2D eigenvalue weighted by molar-refractivity contribution is 7.92. The Labute approximate surface area is 176 Å². The van der Waals surface area contributed by atoms with Gasteiger partial charge in [-0.1, -0.05) is 29.8 Å². The number of nitrogens with one attached hydrogen (secondary N) is 1. The average Bonchev–Trinajstić information content (AvgIpc) is 2.72. The fourth-order valence-electron chi connectivity index (χ4n) is 2.94.